The number of hydrogen-bond acceptors (Lipinski definition) is 4. The summed E-state index contributed by atoms with van der Waals surface area (Å²) in [6.07, 6.45) is 1.84. The lowest BCUT2D eigenvalue weighted by molar-refractivity contribution is 0.395. The van der Waals surface area contributed by atoms with Gasteiger partial charge in [0.15, 0.2) is 10.9 Å². The van der Waals surface area contributed by atoms with E-state index in [1.165, 1.54) is 0 Å². The summed E-state index contributed by atoms with van der Waals surface area (Å²) in [5, 5.41) is 12.2. The fourth-order valence-corrected chi connectivity index (χ4v) is 3.19. The van der Waals surface area contributed by atoms with E-state index >= 15 is 0 Å². The molecule has 0 radical (unpaired) electrons. The maximum atomic E-state index is 6.22. The van der Waals surface area contributed by atoms with Crippen LogP contribution in [0, 0.1) is 0 Å². The summed E-state index contributed by atoms with van der Waals surface area (Å²) in [4.78, 5) is 0. The largest absolute Gasteiger partial charge is 0.497 e. The van der Waals surface area contributed by atoms with Crippen molar-refractivity contribution in [2.75, 3.05) is 24.9 Å². The Morgan fingerprint density at radius 3 is 2.39 bits per heavy atom. The highest BCUT2D eigenvalue weighted by atomic mass is 35.5. The number of benzene rings is 2. The van der Waals surface area contributed by atoms with Crippen LogP contribution in [0.2, 0.25) is 10.0 Å². The summed E-state index contributed by atoms with van der Waals surface area (Å²) in [5.41, 5.74) is 1.66. The van der Waals surface area contributed by atoms with Gasteiger partial charge in [-0.2, -0.15) is 5.10 Å². The monoisotopic (exact) mass is 436 g/mol. The Kier molecular flexibility index (Phi) is 6.61. The van der Waals surface area contributed by atoms with E-state index in [9.17, 15) is 0 Å². The Balaban J connectivity index is 1.64. The van der Waals surface area contributed by atoms with Crippen LogP contribution < -0.4 is 20.1 Å². The van der Waals surface area contributed by atoms with Crippen molar-refractivity contribution >= 4 is 52.0 Å². The third-order valence-corrected chi connectivity index (χ3v) is 4.63. The van der Waals surface area contributed by atoms with Crippen molar-refractivity contribution < 1.29 is 9.47 Å². The summed E-state index contributed by atoms with van der Waals surface area (Å²) in [6.45, 7) is 0.519. The van der Waals surface area contributed by atoms with E-state index in [4.69, 9.17) is 44.9 Å². The Morgan fingerprint density at radius 2 is 1.75 bits per heavy atom. The van der Waals surface area contributed by atoms with Crippen LogP contribution >= 0.6 is 35.4 Å². The van der Waals surface area contributed by atoms with E-state index in [1.54, 1.807) is 37.1 Å². The van der Waals surface area contributed by atoms with Gasteiger partial charge in [0.05, 0.1) is 20.8 Å². The van der Waals surface area contributed by atoms with Crippen LogP contribution in [0.1, 0.15) is 5.56 Å². The molecule has 146 valence electrons. The second kappa shape index (κ2) is 9.14. The van der Waals surface area contributed by atoms with Crippen LogP contribution in [0.15, 0.2) is 48.7 Å². The third-order valence-electron chi connectivity index (χ3n) is 3.84. The minimum absolute atomic E-state index is 0.394. The molecule has 0 unspecified atom stereocenters. The highest BCUT2D eigenvalue weighted by Crippen LogP contribution is 2.26. The van der Waals surface area contributed by atoms with Crippen LogP contribution in [0.25, 0.3) is 0 Å². The Morgan fingerprint density at radius 1 is 1.04 bits per heavy atom. The molecular weight excluding hydrogens is 419 g/mol. The zero-order valence-corrected chi connectivity index (χ0v) is 17.5. The molecule has 28 heavy (non-hydrogen) atoms. The molecule has 0 amide bonds. The minimum Gasteiger partial charge on any atom is -0.497 e. The number of rotatable bonds is 6. The van der Waals surface area contributed by atoms with Crippen molar-refractivity contribution in [3.63, 3.8) is 0 Å². The first-order valence-corrected chi connectivity index (χ1v) is 9.41. The summed E-state index contributed by atoms with van der Waals surface area (Å²) in [5.74, 6) is 1.93. The van der Waals surface area contributed by atoms with Crippen molar-refractivity contribution in [3.8, 4) is 11.5 Å². The molecule has 0 fully saturated rings. The molecule has 0 aliphatic heterocycles. The van der Waals surface area contributed by atoms with Gasteiger partial charge in [0.2, 0.25) is 0 Å². The lowest BCUT2D eigenvalue weighted by atomic mass is 10.2. The van der Waals surface area contributed by atoms with Crippen LogP contribution in [-0.2, 0) is 6.54 Å². The minimum atomic E-state index is 0.394. The maximum absolute atomic E-state index is 6.22. The molecule has 3 aromatic rings. The van der Waals surface area contributed by atoms with Crippen molar-refractivity contribution in [2.24, 2.45) is 0 Å². The van der Waals surface area contributed by atoms with Gasteiger partial charge in [-0.3, -0.25) is 4.68 Å². The maximum Gasteiger partial charge on any atom is 0.176 e. The summed E-state index contributed by atoms with van der Waals surface area (Å²) in [7, 11) is 3.18. The third kappa shape index (κ3) is 5.28. The number of methoxy groups -OCH3 is 2. The van der Waals surface area contributed by atoms with Gasteiger partial charge in [-0.05, 0) is 29.9 Å². The van der Waals surface area contributed by atoms with E-state index in [-0.39, 0.29) is 0 Å². The second-order valence-electron chi connectivity index (χ2n) is 5.81. The summed E-state index contributed by atoms with van der Waals surface area (Å²) >= 11 is 17.5. The number of anilines is 2. The van der Waals surface area contributed by atoms with E-state index in [2.05, 4.69) is 15.7 Å². The molecule has 0 atom stereocenters. The summed E-state index contributed by atoms with van der Waals surface area (Å²) in [6, 6.07) is 12.6. The molecule has 1 heterocycles. The number of halogens is 2. The molecule has 3 rings (SSSR count). The fourth-order valence-electron chi connectivity index (χ4n) is 2.50. The predicted octanol–water partition coefficient (Wildman–Crippen LogP) is 5.06. The van der Waals surface area contributed by atoms with Crippen molar-refractivity contribution in [2.45, 2.75) is 6.54 Å². The molecule has 2 aromatic carbocycles. The summed E-state index contributed by atoms with van der Waals surface area (Å²) < 4.78 is 12.3. The number of nitrogens with one attached hydrogen (secondary N) is 2. The first-order chi connectivity index (χ1) is 13.5. The van der Waals surface area contributed by atoms with Gasteiger partial charge in [-0.15, -0.1) is 0 Å². The first kappa shape index (κ1) is 20.3. The van der Waals surface area contributed by atoms with Crippen LogP contribution in [0.4, 0.5) is 11.5 Å². The van der Waals surface area contributed by atoms with Gasteiger partial charge in [0.25, 0.3) is 0 Å². The van der Waals surface area contributed by atoms with Gasteiger partial charge >= 0.3 is 0 Å². The number of nitrogens with zero attached hydrogens (tertiary/aromatic N) is 2. The number of thiocarbonyl (C=S) groups is 1. The molecule has 9 heteroatoms. The van der Waals surface area contributed by atoms with Gasteiger partial charge in [-0.25, -0.2) is 0 Å². The molecule has 6 nitrogen and oxygen atoms in total. The van der Waals surface area contributed by atoms with Crippen molar-refractivity contribution in [3.05, 3.63) is 64.3 Å². The van der Waals surface area contributed by atoms with Crippen LogP contribution in [0.3, 0.4) is 0 Å². The average Bonchev–Trinajstić information content (AvgIpc) is 3.10. The highest BCUT2D eigenvalue weighted by molar-refractivity contribution is 7.80. The second-order valence-corrected chi connectivity index (χ2v) is 7.07. The van der Waals surface area contributed by atoms with Crippen LogP contribution in [-0.4, -0.2) is 29.1 Å². The normalized spacial score (nSPS) is 10.4. The molecule has 1 aromatic heterocycles. The smallest absolute Gasteiger partial charge is 0.176 e. The predicted molar refractivity (Wildman–Crippen MR) is 117 cm³/mol. The number of hydrogen-bond donors (Lipinski definition) is 2. The van der Waals surface area contributed by atoms with Crippen LogP contribution in [0.5, 0.6) is 11.5 Å². The molecule has 0 spiro atoms. The van der Waals surface area contributed by atoms with E-state index in [1.807, 2.05) is 30.5 Å². The van der Waals surface area contributed by atoms with E-state index < -0.39 is 0 Å². The lowest BCUT2D eigenvalue weighted by Crippen LogP contribution is -2.19. The molecule has 0 saturated heterocycles. The van der Waals surface area contributed by atoms with Gasteiger partial charge < -0.3 is 20.1 Å². The van der Waals surface area contributed by atoms with Crippen molar-refractivity contribution in [1.82, 2.24) is 9.78 Å². The average molecular weight is 437 g/mol. The van der Waals surface area contributed by atoms with E-state index in [0.717, 1.165) is 11.3 Å². The topological polar surface area (TPSA) is 60.3 Å². The van der Waals surface area contributed by atoms with Crippen molar-refractivity contribution in [1.29, 1.82) is 0 Å². The van der Waals surface area contributed by atoms with Gasteiger partial charge in [0, 0.05) is 46.2 Å². The molecule has 0 bridgehead atoms. The number of ether oxygens (including phenoxy) is 2. The standard InChI is InChI=1S/C19H18Cl2N4O2S/c1-26-15-8-14(9-16(10-15)27-2)22-19(28)23-18-5-6-25(24-18)11-12-3-4-13(20)7-17(12)21/h3-10H,11H2,1-2H3,(H2,22,23,24,28). The number of aromatic nitrogens is 2. The zero-order valence-electron chi connectivity index (χ0n) is 15.2. The molecular formula is C19H18Cl2N4O2S. The molecule has 2 N–H and O–H groups in total. The molecule has 0 aliphatic carbocycles. The first-order valence-electron chi connectivity index (χ1n) is 8.25. The zero-order chi connectivity index (χ0) is 20.1. The lowest BCUT2D eigenvalue weighted by Gasteiger charge is -2.12. The Labute approximate surface area is 178 Å². The SMILES string of the molecule is COc1cc(NC(=S)Nc2ccn(Cc3ccc(Cl)cc3Cl)n2)cc(OC)c1. The highest BCUT2D eigenvalue weighted by Gasteiger charge is 2.07. The van der Waals surface area contributed by atoms with E-state index in [0.29, 0.717) is 39.0 Å². The van der Waals surface area contributed by atoms with Gasteiger partial charge in [-0.1, -0.05) is 29.3 Å². The fraction of sp³-hybridized carbons (Fsp3) is 0.158. The Hall–Kier alpha value is -2.48. The Bertz CT molecular complexity index is 972. The molecule has 0 aliphatic rings. The quantitative estimate of drug-likeness (QED) is 0.526. The van der Waals surface area contributed by atoms with Gasteiger partial charge in [0.1, 0.15) is 11.5 Å². The molecule has 0 saturated carbocycles.